The summed E-state index contributed by atoms with van der Waals surface area (Å²) >= 11 is 0. The zero-order chi connectivity index (χ0) is 30.4. The van der Waals surface area contributed by atoms with Gasteiger partial charge in [-0.2, -0.15) is 0 Å². The summed E-state index contributed by atoms with van der Waals surface area (Å²) in [7, 11) is 10.0. The van der Waals surface area contributed by atoms with Gasteiger partial charge in [0.05, 0.1) is 39.9 Å². The van der Waals surface area contributed by atoms with Crippen molar-refractivity contribution < 1.29 is 28.3 Å². The third kappa shape index (κ3) is 11.2. The first-order valence-electron chi connectivity index (χ1n) is 14.9. The first-order valence-corrected chi connectivity index (χ1v) is 14.9. The second kappa shape index (κ2) is 16.6. The van der Waals surface area contributed by atoms with Crippen LogP contribution in [0.1, 0.15) is 54.4 Å². The van der Waals surface area contributed by atoms with Gasteiger partial charge < -0.3 is 23.6 Å². The van der Waals surface area contributed by atoms with Crippen LogP contribution in [0.3, 0.4) is 0 Å². The minimum absolute atomic E-state index is 0.121. The van der Waals surface area contributed by atoms with Crippen LogP contribution in [0.2, 0.25) is 0 Å². The molecule has 0 aliphatic rings. The van der Waals surface area contributed by atoms with Gasteiger partial charge in [0.15, 0.2) is 6.04 Å². The molecular formula is C35H47N2O5+. The number of carbonyl (C=O) groups excluding carboxylic acids is 2. The number of hydrogen-bond donors (Lipinski definition) is 0. The number of nitrogens with zero attached hydrogens (tertiary/aromatic N) is 2. The molecule has 0 saturated carbocycles. The fraction of sp³-hybridized carbons (Fsp3) is 0.429. The molecule has 42 heavy (non-hydrogen) atoms. The summed E-state index contributed by atoms with van der Waals surface area (Å²) < 4.78 is 17.5. The summed E-state index contributed by atoms with van der Waals surface area (Å²) in [5.74, 6) is 0.735. The molecule has 0 bridgehead atoms. The molecule has 0 N–H and O–H groups in total. The third-order valence-corrected chi connectivity index (χ3v) is 7.18. The number of carbonyl (C=O) groups is 2. The number of quaternary nitrogens is 1. The predicted molar refractivity (Wildman–Crippen MR) is 168 cm³/mol. The molecule has 1 unspecified atom stereocenters. The van der Waals surface area contributed by atoms with Gasteiger partial charge in [0.2, 0.25) is 0 Å². The van der Waals surface area contributed by atoms with Crippen molar-refractivity contribution in [1.82, 2.24) is 0 Å². The van der Waals surface area contributed by atoms with E-state index in [2.05, 4.69) is 12.1 Å². The lowest BCUT2D eigenvalue weighted by molar-refractivity contribution is -0.887. The fourth-order valence-corrected chi connectivity index (χ4v) is 4.55. The molecule has 3 rings (SSSR count). The minimum atomic E-state index is -0.386. The number of unbranched alkanes of at least 4 members (excludes halogenated alkanes) is 5. The van der Waals surface area contributed by atoms with E-state index in [1.165, 1.54) is 0 Å². The molecule has 3 aromatic carbocycles. The molecule has 3 aromatic rings. The maximum Gasteiger partial charge on any atom is 0.365 e. The number of benzene rings is 3. The van der Waals surface area contributed by atoms with Gasteiger partial charge in [-0.3, -0.25) is 0 Å². The number of rotatable bonds is 17. The van der Waals surface area contributed by atoms with Crippen LogP contribution in [0.4, 0.5) is 5.69 Å². The Labute approximate surface area is 251 Å². The monoisotopic (exact) mass is 575 g/mol. The number of esters is 2. The van der Waals surface area contributed by atoms with Gasteiger partial charge in [0, 0.05) is 26.2 Å². The van der Waals surface area contributed by atoms with Crippen molar-refractivity contribution in [2.24, 2.45) is 0 Å². The van der Waals surface area contributed by atoms with Crippen LogP contribution in [0.15, 0.2) is 78.9 Å². The summed E-state index contributed by atoms with van der Waals surface area (Å²) in [6, 6.07) is 24.3. The van der Waals surface area contributed by atoms with Gasteiger partial charge >= 0.3 is 11.9 Å². The van der Waals surface area contributed by atoms with E-state index in [1.54, 1.807) is 24.3 Å². The standard InChI is InChI=1S/C35H47N2O5/c1-36(2)30-19-17-29(18-20-30)34(38)42-32-23-21-31(22-24-32)40-25-13-8-6-7-9-14-26-41-35(39)33(37(3,4)5)27-28-15-11-10-12-16-28/h10-12,15-24,33H,6-9,13-14,25-27H2,1-5H3/q+1. The lowest BCUT2D eigenvalue weighted by Gasteiger charge is -2.32. The maximum absolute atomic E-state index is 12.8. The van der Waals surface area contributed by atoms with Crippen molar-refractivity contribution in [2.75, 3.05) is 53.4 Å². The summed E-state index contributed by atoms with van der Waals surface area (Å²) in [6.45, 7) is 1.12. The summed E-state index contributed by atoms with van der Waals surface area (Å²) in [4.78, 5) is 27.2. The molecule has 7 heteroatoms. The molecule has 0 radical (unpaired) electrons. The summed E-state index contributed by atoms with van der Waals surface area (Å²) in [6.07, 6.45) is 6.89. The lowest BCUT2D eigenvalue weighted by atomic mass is 10.0. The quantitative estimate of drug-likeness (QED) is 0.0787. The number of hydrogen-bond acceptors (Lipinski definition) is 6. The SMILES string of the molecule is CN(C)c1ccc(C(=O)Oc2ccc(OCCCCCCCCOC(=O)C(Cc3ccccc3)[N+](C)(C)C)cc2)cc1. The minimum Gasteiger partial charge on any atom is -0.494 e. The largest absolute Gasteiger partial charge is 0.494 e. The Hall–Kier alpha value is -3.84. The second-order valence-electron chi connectivity index (χ2n) is 11.8. The number of ether oxygens (including phenoxy) is 3. The molecular weight excluding hydrogens is 528 g/mol. The van der Waals surface area contributed by atoms with E-state index >= 15 is 0 Å². The van der Waals surface area contributed by atoms with E-state index in [4.69, 9.17) is 14.2 Å². The first kappa shape index (κ1) is 32.7. The van der Waals surface area contributed by atoms with E-state index in [0.29, 0.717) is 35.4 Å². The van der Waals surface area contributed by atoms with Crippen molar-refractivity contribution in [3.63, 3.8) is 0 Å². The van der Waals surface area contributed by atoms with Gasteiger partial charge in [0.1, 0.15) is 11.5 Å². The van der Waals surface area contributed by atoms with Gasteiger partial charge in [0.25, 0.3) is 0 Å². The zero-order valence-electron chi connectivity index (χ0n) is 25.9. The van der Waals surface area contributed by atoms with Gasteiger partial charge in [-0.05, 0) is 66.9 Å². The molecule has 0 heterocycles. The maximum atomic E-state index is 12.8. The molecule has 0 fully saturated rings. The van der Waals surface area contributed by atoms with Crippen LogP contribution >= 0.6 is 0 Å². The van der Waals surface area contributed by atoms with E-state index in [0.717, 1.165) is 55.5 Å². The van der Waals surface area contributed by atoms with Crippen molar-refractivity contribution in [1.29, 1.82) is 0 Å². The molecule has 0 aliphatic heterocycles. The molecule has 0 aliphatic carbocycles. The molecule has 0 aromatic heterocycles. The van der Waals surface area contributed by atoms with Crippen LogP contribution in [-0.4, -0.2) is 70.9 Å². The normalized spacial score (nSPS) is 11.9. The molecule has 226 valence electrons. The van der Waals surface area contributed by atoms with Crippen LogP contribution in [0.25, 0.3) is 0 Å². The Kier molecular flexibility index (Phi) is 12.9. The Morgan fingerprint density at radius 1 is 0.714 bits per heavy atom. The Bertz CT molecular complexity index is 1220. The Balaban J connectivity index is 1.24. The number of likely N-dealkylation sites (N-methyl/N-ethyl adjacent to an activating group) is 1. The van der Waals surface area contributed by atoms with Crippen molar-refractivity contribution in [3.05, 3.63) is 90.0 Å². The summed E-state index contributed by atoms with van der Waals surface area (Å²) in [5, 5.41) is 0. The number of anilines is 1. The average molecular weight is 576 g/mol. The summed E-state index contributed by atoms with van der Waals surface area (Å²) in [5.41, 5.74) is 2.68. The van der Waals surface area contributed by atoms with Crippen LogP contribution in [0, 0.1) is 0 Å². The van der Waals surface area contributed by atoms with Crippen molar-refractivity contribution in [3.8, 4) is 11.5 Å². The highest BCUT2D eigenvalue weighted by Crippen LogP contribution is 2.20. The van der Waals surface area contributed by atoms with Crippen molar-refractivity contribution >= 4 is 17.6 Å². The first-order chi connectivity index (χ1) is 20.1. The fourth-order valence-electron chi connectivity index (χ4n) is 4.55. The molecule has 0 saturated heterocycles. The van der Waals surface area contributed by atoms with E-state index in [-0.39, 0.29) is 18.0 Å². The van der Waals surface area contributed by atoms with Crippen LogP contribution < -0.4 is 14.4 Å². The third-order valence-electron chi connectivity index (χ3n) is 7.18. The van der Waals surface area contributed by atoms with E-state index in [1.807, 2.05) is 82.6 Å². The lowest BCUT2D eigenvalue weighted by Crippen LogP contribution is -2.51. The molecule has 7 nitrogen and oxygen atoms in total. The molecule has 0 spiro atoms. The average Bonchev–Trinajstić information content (AvgIpc) is 2.97. The van der Waals surface area contributed by atoms with Gasteiger partial charge in [-0.1, -0.05) is 56.0 Å². The highest BCUT2D eigenvalue weighted by molar-refractivity contribution is 5.91. The second-order valence-corrected chi connectivity index (χ2v) is 11.8. The smallest absolute Gasteiger partial charge is 0.365 e. The molecule has 1 atom stereocenters. The molecule has 0 amide bonds. The Morgan fingerprint density at radius 3 is 1.88 bits per heavy atom. The van der Waals surface area contributed by atoms with Gasteiger partial charge in [-0.15, -0.1) is 0 Å². The van der Waals surface area contributed by atoms with Crippen LogP contribution in [-0.2, 0) is 16.0 Å². The topological polar surface area (TPSA) is 65.1 Å². The Morgan fingerprint density at radius 2 is 1.29 bits per heavy atom. The van der Waals surface area contributed by atoms with Crippen LogP contribution in [0.5, 0.6) is 11.5 Å². The highest BCUT2D eigenvalue weighted by atomic mass is 16.5. The van der Waals surface area contributed by atoms with Crippen molar-refractivity contribution in [2.45, 2.75) is 51.0 Å². The van der Waals surface area contributed by atoms with E-state index in [9.17, 15) is 9.59 Å². The van der Waals surface area contributed by atoms with E-state index < -0.39 is 0 Å². The zero-order valence-corrected chi connectivity index (χ0v) is 25.9. The van der Waals surface area contributed by atoms with Gasteiger partial charge in [-0.25, -0.2) is 9.59 Å². The predicted octanol–water partition coefficient (Wildman–Crippen LogP) is 6.55. The highest BCUT2D eigenvalue weighted by Gasteiger charge is 2.33.